The van der Waals surface area contributed by atoms with Crippen LogP contribution in [0.3, 0.4) is 0 Å². The van der Waals surface area contributed by atoms with Crippen LogP contribution in [0.2, 0.25) is 0 Å². The van der Waals surface area contributed by atoms with E-state index < -0.39 is 0 Å². The maximum atomic E-state index is 5.47. The molecule has 0 saturated heterocycles. The van der Waals surface area contributed by atoms with Crippen molar-refractivity contribution in [1.82, 2.24) is 5.32 Å². The third-order valence-corrected chi connectivity index (χ3v) is 4.29. The molecular weight excluding hydrogens is 316 g/mol. The molecule has 0 aliphatic rings. The van der Waals surface area contributed by atoms with Crippen LogP contribution in [0.25, 0.3) is 0 Å². The van der Waals surface area contributed by atoms with Gasteiger partial charge in [0.05, 0.1) is 12.6 Å². The Morgan fingerprint density at radius 2 is 1.75 bits per heavy atom. The first kappa shape index (κ1) is 18.3. The van der Waals surface area contributed by atoms with Crippen LogP contribution in [0.15, 0.2) is 42.5 Å². The van der Waals surface area contributed by atoms with Gasteiger partial charge in [-0.15, -0.1) is 0 Å². The Labute approximate surface area is 150 Å². The van der Waals surface area contributed by atoms with Crippen molar-refractivity contribution in [1.29, 1.82) is 0 Å². The van der Waals surface area contributed by atoms with Crippen LogP contribution < -0.4 is 15.4 Å². The minimum Gasteiger partial charge on any atom is -0.494 e. The highest BCUT2D eigenvalue weighted by Gasteiger charge is 2.11. The molecule has 24 heavy (non-hydrogen) atoms. The van der Waals surface area contributed by atoms with Crippen LogP contribution in [-0.2, 0) is 0 Å². The average Bonchev–Trinajstić information content (AvgIpc) is 2.57. The Bertz CT molecular complexity index is 683. The second-order valence-electron chi connectivity index (χ2n) is 5.86. The summed E-state index contributed by atoms with van der Waals surface area (Å²) in [6.07, 6.45) is 0.966. The third kappa shape index (κ3) is 4.96. The number of nitrogens with one attached hydrogen (secondary N) is 2. The average molecular weight is 343 g/mol. The van der Waals surface area contributed by atoms with Gasteiger partial charge in [-0.05, 0) is 80.4 Å². The fourth-order valence-electron chi connectivity index (χ4n) is 2.53. The Morgan fingerprint density at radius 1 is 1.04 bits per heavy atom. The molecule has 0 bridgehead atoms. The van der Waals surface area contributed by atoms with Crippen molar-refractivity contribution in [2.75, 3.05) is 11.9 Å². The zero-order chi connectivity index (χ0) is 17.5. The van der Waals surface area contributed by atoms with E-state index in [-0.39, 0.29) is 6.04 Å². The molecule has 0 saturated carbocycles. The molecule has 2 aromatic rings. The molecule has 2 N–H and O–H groups in total. The van der Waals surface area contributed by atoms with E-state index in [0.717, 1.165) is 17.9 Å². The van der Waals surface area contributed by atoms with Crippen LogP contribution in [0.1, 0.15) is 43.0 Å². The number of rotatable bonds is 6. The molecule has 0 aromatic heterocycles. The van der Waals surface area contributed by atoms with Gasteiger partial charge >= 0.3 is 0 Å². The van der Waals surface area contributed by atoms with E-state index in [1.165, 1.54) is 16.7 Å². The van der Waals surface area contributed by atoms with Gasteiger partial charge in [0.2, 0.25) is 0 Å². The third-order valence-electron chi connectivity index (χ3n) is 4.07. The first-order valence-corrected chi connectivity index (χ1v) is 8.81. The molecule has 0 unspecified atom stereocenters. The predicted molar refractivity (Wildman–Crippen MR) is 106 cm³/mol. The smallest absolute Gasteiger partial charge is 0.171 e. The standard InChI is InChI=1S/C20H26N2OS/c1-5-19(16-8-7-14(3)15(4)13-16)22-20(24)21-17-9-11-18(12-10-17)23-6-2/h7-13,19H,5-6H2,1-4H3,(H2,21,22,24)/t19-/m0/s1. The minimum atomic E-state index is 0.201. The van der Waals surface area contributed by atoms with Crippen molar-refractivity contribution in [3.63, 3.8) is 0 Å². The number of hydrogen-bond donors (Lipinski definition) is 2. The van der Waals surface area contributed by atoms with Gasteiger partial charge in [-0.25, -0.2) is 0 Å². The molecule has 128 valence electrons. The molecule has 2 aromatic carbocycles. The zero-order valence-electron chi connectivity index (χ0n) is 14.8. The lowest BCUT2D eigenvalue weighted by Gasteiger charge is -2.21. The largest absolute Gasteiger partial charge is 0.494 e. The Morgan fingerprint density at radius 3 is 2.33 bits per heavy atom. The highest BCUT2D eigenvalue weighted by atomic mass is 32.1. The topological polar surface area (TPSA) is 33.3 Å². The molecule has 3 nitrogen and oxygen atoms in total. The number of hydrogen-bond acceptors (Lipinski definition) is 2. The normalized spacial score (nSPS) is 11.7. The summed E-state index contributed by atoms with van der Waals surface area (Å²) in [7, 11) is 0. The van der Waals surface area contributed by atoms with Gasteiger partial charge in [0.25, 0.3) is 0 Å². The van der Waals surface area contributed by atoms with Crippen LogP contribution in [0.5, 0.6) is 5.75 Å². The molecule has 2 rings (SSSR count). The van der Waals surface area contributed by atoms with E-state index in [1.807, 2.05) is 31.2 Å². The van der Waals surface area contributed by atoms with Crippen LogP contribution in [-0.4, -0.2) is 11.7 Å². The molecule has 1 atom stereocenters. The van der Waals surface area contributed by atoms with Crippen molar-refractivity contribution < 1.29 is 4.74 Å². The van der Waals surface area contributed by atoms with Crippen LogP contribution in [0, 0.1) is 13.8 Å². The second kappa shape index (κ2) is 8.69. The molecule has 4 heteroatoms. The van der Waals surface area contributed by atoms with Crippen molar-refractivity contribution in [3.8, 4) is 5.75 Å². The van der Waals surface area contributed by atoms with Gasteiger partial charge in [0.15, 0.2) is 5.11 Å². The molecule has 0 heterocycles. The summed E-state index contributed by atoms with van der Waals surface area (Å²) in [4.78, 5) is 0. The summed E-state index contributed by atoms with van der Waals surface area (Å²) >= 11 is 5.47. The van der Waals surface area contributed by atoms with Crippen molar-refractivity contribution >= 4 is 23.0 Å². The second-order valence-corrected chi connectivity index (χ2v) is 6.27. The summed E-state index contributed by atoms with van der Waals surface area (Å²) in [5.74, 6) is 0.864. The number of benzene rings is 2. The number of ether oxygens (including phenoxy) is 1. The van der Waals surface area contributed by atoms with Crippen LogP contribution >= 0.6 is 12.2 Å². The molecule has 0 fully saturated rings. The summed E-state index contributed by atoms with van der Waals surface area (Å²) < 4.78 is 5.45. The fourth-order valence-corrected chi connectivity index (χ4v) is 2.79. The Hall–Kier alpha value is -2.07. The summed E-state index contributed by atoms with van der Waals surface area (Å²) in [5, 5.41) is 7.27. The van der Waals surface area contributed by atoms with Gasteiger partial charge in [-0.1, -0.05) is 25.1 Å². The lowest BCUT2D eigenvalue weighted by Crippen LogP contribution is -2.32. The van der Waals surface area contributed by atoms with Gasteiger partial charge in [0, 0.05) is 5.69 Å². The fraction of sp³-hybridized carbons (Fsp3) is 0.350. The van der Waals surface area contributed by atoms with Gasteiger partial charge in [-0.3, -0.25) is 0 Å². The molecule has 0 aliphatic heterocycles. The van der Waals surface area contributed by atoms with E-state index in [1.54, 1.807) is 0 Å². The van der Waals surface area contributed by atoms with E-state index in [0.29, 0.717) is 11.7 Å². The maximum Gasteiger partial charge on any atom is 0.171 e. The number of anilines is 1. The van der Waals surface area contributed by atoms with Crippen molar-refractivity contribution in [2.24, 2.45) is 0 Å². The minimum absolute atomic E-state index is 0.201. The number of aryl methyl sites for hydroxylation is 2. The quantitative estimate of drug-likeness (QED) is 0.712. The van der Waals surface area contributed by atoms with Gasteiger partial charge in [0.1, 0.15) is 5.75 Å². The SMILES string of the molecule is CCOc1ccc(NC(=S)N[C@@H](CC)c2ccc(C)c(C)c2)cc1. The Balaban J connectivity index is 1.99. The molecule has 0 aliphatic carbocycles. The van der Waals surface area contributed by atoms with Crippen LogP contribution in [0.4, 0.5) is 5.69 Å². The van der Waals surface area contributed by atoms with E-state index in [9.17, 15) is 0 Å². The predicted octanol–water partition coefficient (Wildman–Crippen LogP) is 5.14. The molecule has 0 amide bonds. The van der Waals surface area contributed by atoms with E-state index in [4.69, 9.17) is 17.0 Å². The Kier molecular flexibility index (Phi) is 6.62. The highest BCUT2D eigenvalue weighted by molar-refractivity contribution is 7.80. The first-order chi connectivity index (χ1) is 11.5. The maximum absolute atomic E-state index is 5.47. The monoisotopic (exact) mass is 342 g/mol. The lowest BCUT2D eigenvalue weighted by atomic mass is 9.99. The van der Waals surface area contributed by atoms with Gasteiger partial charge < -0.3 is 15.4 Å². The number of thiocarbonyl (C=S) groups is 1. The summed E-state index contributed by atoms with van der Waals surface area (Å²) in [6.45, 7) is 9.07. The molecule has 0 radical (unpaired) electrons. The van der Waals surface area contributed by atoms with E-state index >= 15 is 0 Å². The highest BCUT2D eigenvalue weighted by Crippen LogP contribution is 2.20. The first-order valence-electron chi connectivity index (χ1n) is 8.41. The molecular formula is C20H26N2OS. The zero-order valence-corrected chi connectivity index (χ0v) is 15.7. The lowest BCUT2D eigenvalue weighted by molar-refractivity contribution is 0.340. The summed E-state index contributed by atoms with van der Waals surface area (Å²) in [5.41, 5.74) is 4.82. The van der Waals surface area contributed by atoms with Crippen molar-refractivity contribution in [2.45, 2.75) is 40.2 Å². The van der Waals surface area contributed by atoms with Crippen molar-refractivity contribution in [3.05, 3.63) is 59.2 Å². The van der Waals surface area contributed by atoms with E-state index in [2.05, 4.69) is 49.6 Å². The van der Waals surface area contributed by atoms with Gasteiger partial charge in [-0.2, -0.15) is 0 Å². The molecule has 0 spiro atoms. The summed E-state index contributed by atoms with van der Waals surface area (Å²) in [6, 6.07) is 14.6.